The van der Waals surface area contributed by atoms with Crippen LogP contribution in [-0.2, 0) is 6.42 Å². The standard InChI is InChI=1S/C24H29N5O2S/c1-2-31-21-10-8-20(9-11-21)26-23(30)25-17-19-12-14-29(15-13-19)24-27-22(28-32-24)16-18-6-4-3-5-7-18/h3-11,19H,2,12-17H2,1H3,(H2,25,26,30). The highest BCUT2D eigenvalue weighted by Crippen LogP contribution is 2.25. The fourth-order valence-electron chi connectivity index (χ4n) is 3.77. The molecule has 0 bridgehead atoms. The van der Waals surface area contributed by atoms with Gasteiger partial charge in [-0.15, -0.1) is 0 Å². The number of amides is 2. The second kappa shape index (κ2) is 10.9. The van der Waals surface area contributed by atoms with Gasteiger partial charge in [0.25, 0.3) is 0 Å². The summed E-state index contributed by atoms with van der Waals surface area (Å²) in [5.74, 6) is 2.15. The Morgan fingerprint density at radius 3 is 2.59 bits per heavy atom. The molecule has 32 heavy (non-hydrogen) atoms. The van der Waals surface area contributed by atoms with Crippen LogP contribution in [0.2, 0.25) is 0 Å². The lowest BCUT2D eigenvalue weighted by molar-refractivity contribution is 0.248. The Morgan fingerprint density at radius 1 is 1.12 bits per heavy atom. The van der Waals surface area contributed by atoms with E-state index < -0.39 is 0 Å². The Labute approximate surface area is 193 Å². The summed E-state index contributed by atoms with van der Waals surface area (Å²) >= 11 is 1.48. The first-order valence-electron chi connectivity index (χ1n) is 11.1. The van der Waals surface area contributed by atoms with Crippen molar-refractivity contribution in [3.63, 3.8) is 0 Å². The smallest absolute Gasteiger partial charge is 0.319 e. The van der Waals surface area contributed by atoms with Gasteiger partial charge < -0.3 is 20.3 Å². The molecule has 0 atom stereocenters. The third-order valence-electron chi connectivity index (χ3n) is 5.52. The van der Waals surface area contributed by atoms with E-state index in [9.17, 15) is 4.79 Å². The molecule has 2 N–H and O–H groups in total. The van der Waals surface area contributed by atoms with Crippen LogP contribution in [0.4, 0.5) is 15.6 Å². The zero-order chi connectivity index (χ0) is 22.2. The highest BCUT2D eigenvalue weighted by atomic mass is 32.1. The Balaban J connectivity index is 1.18. The van der Waals surface area contributed by atoms with Crippen molar-refractivity contribution in [1.29, 1.82) is 0 Å². The predicted molar refractivity (Wildman–Crippen MR) is 129 cm³/mol. The summed E-state index contributed by atoms with van der Waals surface area (Å²) in [5.41, 5.74) is 1.98. The van der Waals surface area contributed by atoms with Crippen LogP contribution in [0.3, 0.4) is 0 Å². The average Bonchev–Trinajstić information content (AvgIpc) is 3.29. The van der Waals surface area contributed by atoms with Gasteiger partial charge >= 0.3 is 6.03 Å². The summed E-state index contributed by atoms with van der Waals surface area (Å²) in [6.07, 6.45) is 2.81. The van der Waals surface area contributed by atoms with E-state index in [1.807, 2.05) is 49.4 Å². The number of piperidine rings is 1. The topological polar surface area (TPSA) is 79.4 Å². The lowest BCUT2D eigenvalue weighted by Crippen LogP contribution is -2.39. The summed E-state index contributed by atoms with van der Waals surface area (Å²) < 4.78 is 9.96. The van der Waals surface area contributed by atoms with E-state index in [1.54, 1.807) is 0 Å². The molecule has 1 fully saturated rings. The van der Waals surface area contributed by atoms with E-state index in [-0.39, 0.29) is 6.03 Å². The fourth-order valence-corrected chi connectivity index (χ4v) is 4.50. The van der Waals surface area contributed by atoms with Crippen LogP contribution in [0.1, 0.15) is 31.2 Å². The number of hydrogen-bond donors (Lipinski definition) is 2. The van der Waals surface area contributed by atoms with Crippen LogP contribution >= 0.6 is 11.5 Å². The summed E-state index contributed by atoms with van der Waals surface area (Å²) in [7, 11) is 0. The maximum Gasteiger partial charge on any atom is 0.319 e. The lowest BCUT2D eigenvalue weighted by atomic mass is 9.97. The zero-order valence-electron chi connectivity index (χ0n) is 18.3. The Kier molecular flexibility index (Phi) is 7.55. The van der Waals surface area contributed by atoms with Crippen molar-refractivity contribution >= 4 is 28.4 Å². The molecule has 2 heterocycles. The van der Waals surface area contributed by atoms with Crippen molar-refractivity contribution in [1.82, 2.24) is 14.7 Å². The Morgan fingerprint density at radius 2 is 1.88 bits per heavy atom. The minimum absolute atomic E-state index is 0.175. The van der Waals surface area contributed by atoms with Crippen LogP contribution in [0.25, 0.3) is 0 Å². The average molecular weight is 452 g/mol. The number of hydrogen-bond acceptors (Lipinski definition) is 6. The van der Waals surface area contributed by atoms with Gasteiger partial charge in [0.2, 0.25) is 5.13 Å². The number of rotatable bonds is 8. The molecule has 1 aliphatic rings. The molecule has 2 aromatic carbocycles. The summed E-state index contributed by atoms with van der Waals surface area (Å²) in [6.45, 7) is 5.12. The number of ether oxygens (including phenoxy) is 1. The first kappa shape index (κ1) is 22.1. The van der Waals surface area contributed by atoms with Crippen LogP contribution in [-0.4, -0.2) is 41.6 Å². The quantitative estimate of drug-likeness (QED) is 0.525. The van der Waals surface area contributed by atoms with E-state index in [0.717, 1.165) is 54.7 Å². The van der Waals surface area contributed by atoms with E-state index in [2.05, 4.69) is 32.0 Å². The first-order valence-corrected chi connectivity index (χ1v) is 11.9. The summed E-state index contributed by atoms with van der Waals surface area (Å²) in [6, 6.07) is 17.5. The van der Waals surface area contributed by atoms with Crippen LogP contribution in [0, 0.1) is 5.92 Å². The molecule has 0 spiro atoms. The van der Waals surface area contributed by atoms with Gasteiger partial charge in [0, 0.05) is 43.3 Å². The molecule has 4 rings (SSSR count). The monoisotopic (exact) mass is 451 g/mol. The molecule has 1 aliphatic heterocycles. The molecule has 1 saturated heterocycles. The highest BCUT2D eigenvalue weighted by Gasteiger charge is 2.22. The van der Waals surface area contributed by atoms with E-state index in [4.69, 9.17) is 9.72 Å². The van der Waals surface area contributed by atoms with Crippen molar-refractivity contribution in [3.05, 3.63) is 66.0 Å². The Bertz CT molecular complexity index is 985. The number of urea groups is 1. The predicted octanol–water partition coefficient (Wildman–Crippen LogP) is 4.57. The normalized spacial score (nSPS) is 14.2. The van der Waals surface area contributed by atoms with E-state index >= 15 is 0 Å². The molecular formula is C24H29N5O2S. The summed E-state index contributed by atoms with van der Waals surface area (Å²) in [5, 5.41) is 6.87. The molecule has 168 valence electrons. The van der Waals surface area contributed by atoms with Gasteiger partial charge in [0.05, 0.1) is 6.61 Å². The second-order valence-electron chi connectivity index (χ2n) is 7.88. The minimum Gasteiger partial charge on any atom is -0.494 e. The Hall–Kier alpha value is -3.13. The first-order chi connectivity index (χ1) is 15.7. The second-order valence-corrected chi connectivity index (χ2v) is 8.61. The molecule has 2 amide bonds. The van der Waals surface area contributed by atoms with Gasteiger partial charge in [0.1, 0.15) is 11.6 Å². The molecule has 0 radical (unpaired) electrons. The highest BCUT2D eigenvalue weighted by molar-refractivity contribution is 7.09. The molecule has 0 unspecified atom stereocenters. The number of anilines is 2. The lowest BCUT2D eigenvalue weighted by Gasteiger charge is -2.31. The van der Waals surface area contributed by atoms with Gasteiger partial charge in [-0.1, -0.05) is 30.3 Å². The molecular weight excluding hydrogens is 422 g/mol. The van der Waals surface area contributed by atoms with Gasteiger partial charge in [-0.05, 0) is 55.5 Å². The minimum atomic E-state index is -0.175. The number of nitrogens with zero attached hydrogens (tertiary/aromatic N) is 3. The number of nitrogens with one attached hydrogen (secondary N) is 2. The van der Waals surface area contributed by atoms with Gasteiger partial charge in [-0.25, -0.2) is 9.78 Å². The van der Waals surface area contributed by atoms with Crippen molar-refractivity contribution in [2.45, 2.75) is 26.2 Å². The number of carbonyl (C=O) groups is 1. The van der Waals surface area contributed by atoms with Crippen molar-refractivity contribution < 1.29 is 9.53 Å². The van der Waals surface area contributed by atoms with Crippen molar-refractivity contribution in [3.8, 4) is 5.75 Å². The van der Waals surface area contributed by atoms with Crippen LogP contribution in [0.5, 0.6) is 5.75 Å². The van der Waals surface area contributed by atoms with Crippen molar-refractivity contribution in [2.75, 3.05) is 36.5 Å². The third kappa shape index (κ3) is 6.20. The van der Waals surface area contributed by atoms with Gasteiger partial charge in [-0.3, -0.25) is 0 Å². The van der Waals surface area contributed by atoms with Crippen LogP contribution in [0.15, 0.2) is 54.6 Å². The third-order valence-corrected chi connectivity index (χ3v) is 6.34. The molecule has 0 saturated carbocycles. The van der Waals surface area contributed by atoms with Gasteiger partial charge in [0.15, 0.2) is 0 Å². The fraction of sp³-hybridized carbons (Fsp3) is 0.375. The molecule has 0 aliphatic carbocycles. The molecule has 8 heteroatoms. The van der Waals surface area contributed by atoms with Crippen LogP contribution < -0.4 is 20.3 Å². The largest absolute Gasteiger partial charge is 0.494 e. The number of carbonyl (C=O) groups excluding carboxylic acids is 1. The molecule has 7 nitrogen and oxygen atoms in total. The SMILES string of the molecule is CCOc1ccc(NC(=O)NCC2CCN(c3nc(Cc4ccccc4)ns3)CC2)cc1. The molecule has 1 aromatic heterocycles. The van der Waals surface area contributed by atoms with Gasteiger partial charge in [-0.2, -0.15) is 4.37 Å². The zero-order valence-corrected chi connectivity index (χ0v) is 19.1. The van der Waals surface area contributed by atoms with E-state index in [0.29, 0.717) is 19.1 Å². The van der Waals surface area contributed by atoms with Crippen molar-refractivity contribution in [2.24, 2.45) is 5.92 Å². The number of benzene rings is 2. The maximum absolute atomic E-state index is 12.2. The van der Waals surface area contributed by atoms with E-state index in [1.165, 1.54) is 17.1 Å². The maximum atomic E-state index is 12.2. The molecule has 3 aromatic rings. The number of aromatic nitrogens is 2. The summed E-state index contributed by atoms with van der Waals surface area (Å²) in [4.78, 5) is 19.3.